The predicted molar refractivity (Wildman–Crippen MR) is 69.1 cm³/mol. The Labute approximate surface area is 105 Å². The van der Waals surface area contributed by atoms with Gasteiger partial charge in [0.25, 0.3) is 0 Å². The highest BCUT2D eigenvalue weighted by Gasteiger charge is 2.30. The normalized spacial score (nSPS) is 26.4. The molecule has 1 unspecified atom stereocenters. The van der Waals surface area contributed by atoms with Crippen LogP contribution in [0.5, 0.6) is 0 Å². The van der Waals surface area contributed by atoms with Crippen molar-refractivity contribution >= 4 is 6.03 Å². The third-order valence-electron chi connectivity index (χ3n) is 4.04. The van der Waals surface area contributed by atoms with Gasteiger partial charge in [-0.2, -0.15) is 0 Å². The standard InChI is InChI=1S/C13H25N3O/c1-14(2)12-7-10-16(11-12)13(17)15-8-5-3-4-6-9-15/h12H,3-11H2,1-2H3. The average molecular weight is 239 g/mol. The lowest BCUT2D eigenvalue weighted by Gasteiger charge is -2.27. The summed E-state index contributed by atoms with van der Waals surface area (Å²) in [4.78, 5) is 18.7. The lowest BCUT2D eigenvalue weighted by Crippen LogP contribution is -2.43. The summed E-state index contributed by atoms with van der Waals surface area (Å²) in [6.45, 7) is 3.75. The van der Waals surface area contributed by atoms with E-state index < -0.39 is 0 Å². The number of carbonyl (C=O) groups excluding carboxylic acids is 1. The van der Waals surface area contributed by atoms with Crippen LogP contribution in [0.4, 0.5) is 4.79 Å². The van der Waals surface area contributed by atoms with E-state index in [0.717, 1.165) is 32.6 Å². The molecule has 0 aromatic heterocycles. The Morgan fingerprint density at radius 3 is 2.18 bits per heavy atom. The van der Waals surface area contributed by atoms with Crippen molar-refractivity contribution in [1.82, 2.24) is 14.7 Å². The van der Waals surface area contributed by atoms with E-state index in [-0.39, 0.29) is 6.03 Å². The van der Waals surface area contributed by atoms with Crippen molar-refractivity contribution in [3.05, 3.63) is 0 Å². The van der Waals surface area contributed by atoms with E-state index >= 15 is 0 Å². The van der Waals surface area contributed by atoms with Crippen molar-refractivity contribution in [2.45, 2.75) is 38.1 Å². The van der Waals surface area contributed by atoms with Crippen LogP contribution in [0.15, 0.2) is 0 Å². The zero-order chi connectivity index (χ0) is 12.3. The lowest BCUT2D eigenvalue weighted by atomic mass is 10.2. The van der Waals surface area contributed by atoms with Gasteiger partial charge in [0.2, 0.25) is 0 Å². The topological polar surface area (TPSA) is 26.8 Å². The molecule has 0 aromatic rings. The van der Waals surface area contributed by atoms with Gasteiger partial charge in [0.15, 0.2) is 0 Å². The summed E-state index contributed by atoms with van der Waals surface area (Å²) in [7, 11) is 4.20. The molecule has 17 heavy (non-hydrogen) atoms. The Kier molecular flexibility index (Phi) is 4.26. The molecule has 2 saturated heterocycles. The number of rotatable bonds is 1. The Morgan fingerprint density at radius 2 is 1.65 bits per heavy atom. The predicted octanol–water partition coefficient (Wildman–Crippen LogP) is 1.62. The molecule has 4 nitrogen and oxygen atoms in total. The maximum Gasteiger partial charge on any atom is 0.320 e. The molecule has 2 amide bonds. The lowest BCUT2D eigenvalue weighted by molar-refractivity contribution is 0.160. The minimum absolute atomic E-state index is 0.274. The zero-order valence-electron chi connectivity index (χ0n) is 11.2. The number of hydrogen-bond acceptors (Lipinski definition) is 2. The molecule has 0 spiro atoms. The highest BCUT2D eigenvalue weighted by Crippen LogP contribution is 2.17. The average Bonchev–Trinajstić information content (AvgIpc) is 2.65. The van der Waals surface area contributed by atoms with Crippen LogP contribution in [0, 0.1) is 0 Å². The number of urea groups is 1. The van der Waals surface area contributed by atoms with E-state index in [0.29, 0.717) is 6.04 Å². The van der Waals surface area contributed by atoms with Gasteiger partial charge in [0, 0.05) is 32.2 Å². The maximum atomic E-state index is 12.4. The van der Waals surface area contributed by atoms with Crippen molar-refractivity contribution in [2.75, 3.05) is 40.3 Å². The van der Waals surface area contributed by atoms with E-state index in [1.807, 2.05) is 4.90 Å². The fourth-order valence-corrected chi connectivity index (χ4v) is 2.80. The molecule has 0 saturated carbocycles. The molecule has 0 N–H and O–H groups in total. The summed E-state index contributed by atoms with van der Waals surface area (Å²) in [6, 6.07) is 0.821. The third-order valence-corrected chi connectivity index (χ3v) is 4.04. The van der Waals surface area contributed by atoms with Gasteiger partial charge in [-0.05, 0) is 33.4 Å². The van der Waals surface area contributed by atoms with Gasteiger partial charge in [-0.15, -0.1) is 0 Å². The molecule has 0 radical (unpaired) electrons. The second-order valence-corrected chi connectivity index (χ2v) is 5.54. The molecule has 0 bridgehead atoms. The molecule has 2 aliphatic heterocycles. The van der Waals surface area contributed by atoms with Crippen molar-refractivity contribution < 1.29 is 4.79 Å². The highest BCUT2D eigenvalue weighted by molar-refractivity contribution is 5.74. The monoisotopic (exact) mass is 239 g/mol. The first-order valence-electron chi connectivity index (χ1n) is 6.89. The zero-order valence-corrected chi connectivity index (χ0v) is 11.2. The smallest absolute Gasteiger partial charge is 0.320 e. The Balaban J connectivity index is 1.87. The second-order valence-electron chi connectivity index (χ2n) is 5.54. The molecule has 2 rings (SSSR count). The van der Waals surface area contributed by atoms with Crippen LogP contribution in [0.2, 0.25) is 0 Å². The van der Waals surface area contributed by atoms with Crippen LogP contribution in [0.25, 0.3) is 0 Å². The Hall–Kier alpha value is -0.770. The summed E-state index contributed by atoms with van der Waals surface area (Å²) in [5, 5.41) is 0. The maximum absolute atomic E-state index is 12.4. The molecule has 1 atom stereocenters. The van der Waals surface area contributed by atoms with Gasteiger partial charge in [0.05, 0.1) is 0 Å². The van der Waals surface area contributed by atoms with E-state index in [1.165, 1.54) is 25.7 Å². The molecule has 0 aliphatic carbocycles. The van der Waals surface area contributed by atoms with Crippen LogP contribution < -0.4 is 0 Å². The van der Waals surface area contributed by atoms with Gasteiger partial charge in [0.1, 0.15) is 0 Å². The van der Waals surface area contributed by atoms with Crippen LogP contribution in [-0.2, 0) is 0 Å². The summed E-state index contributed by atoms with van der Waals surface area (Å²) in [5.74, 6) is 0. The first-order valence-corrected chi connectivity index (χ1v) is 6.89. The van der Waals surface area contributed by atoms with Gasteiger partial charge < -0.3 is 14.7 Å². The van der Waals surface area contributed by atoms with Gasteiger partial charge in [-0.1, -0.05) is 12.8 Å². The second kappa shape index (κ2) is 5.71. The quantitative estimate of drug-likeness (QED) is 0.695. The van der Waals surface area contributed by atoms with Crippen LogP contribution >= 0.6 is 0 Å². The Bertz CT molecular complexity index is 259. The molecule has 2 aliphatic rings. The van der Waals surface area contributed by atoms with Gasteiger partial charge in [-0.25, -0.2) is 4.79 Å². The molecule has 2 fully saturated rings. The molecular formula is C13H25N3O. The summed E-state index contributed by atoms with van der Waals surface area (Å²) < 4.78 is 0. The SMILES string of the molecule is CN(C)C1CCN(C(=O)N2CCCCCC2)C1. The summed E-state index contributed by atoms with van der Waals surface area (Å²) in [6.07, 6.45) is 6.04. The van der Waals surface area contributed by atoms with Crippen molar-refractivity contribution in [3.8, 4) is 0 Å². The van der Waals surface area contributed by atoms with E-state index in [4.69, 9.17) is 0 Å². The minimum atomic E-state index is 0.274. The van der Waals surface area contributed by atoms with E-state index in [9.17, 15) is 4.79 Å². The number of carbonyl (C=O) groups is 1. The van der Waals surface area contributed by atoms with Crippen molar-refractivity contribution in [1.29, 1.82) is 0 Å². The number of likely N-dealkylation sites (N-methyl/N-ethyl adjacent to an activating group) is 1. The molecule has 98 valence electrons. The van der Waals surface area contributed by atoms with Crippen LogP contribution in [0.3, 0.4) is 0 Å². The van der Waals surface area contributed by atoms with Crippen LogP contribution in [0.1, 0.15) is 32.1 Å². The van der Waals surface area contributed by atoms with E-state index in [1.54, 1.807) is 0 Å². The van der Waals surface area contributed by atoms with E-state index in [2.05, 4.69) is 23.9 Å². The van der Waals surface area contributed by atoms with Crippen LogP contribution in [-0.4, -0.2) is 67.0 Å². The first-order chi connectivity index (χ1) is 8.18. The largest absolute Gasteiger partial charge is 0.325 e. The summed E-state index contributed by atoms with van der Waals surface area (Å²) >= 11 is 0. The number of amides is 2. The fraction of sp³-hybridized carbons (Fsp3) is 0.923. The molecule has 4 heteroatoms. The molecule has 2 heterocycles. The summed E-state index contributed by atoms with van der Waals surface area (Å²) in [5.41, 5.74) is 0. The number of hydrogen-bond donors (Lipinski definition) is 0. The highest BCUT2D eigenvalue weighted by atomic mass is 16.2. The van der Waals surface area contributed by atoms with Gasteiger partial charge >= 0.3 is 6.03 Å². The fourth-order valence-electron chi connectivity index (χ4n) is 2.80. The first kappa shape index (κ1) is 12.7. The molecular weight excluding hydrogens is 214 g/mol. The third kappa shape index (κ3) is 3.12. The minimum Gasteiger partial charge on any atom is -0.325 e. The van der Waals surface area contributed by atoms with Crippen molar-refractivity contribution in [2.24, 2.45) is 0 Å². The van der Waals surface area contributed by atoms with Gasteiger partial charge in [-0.3, -0.25) is 0 Å². The van der Waals surface area contributed by atoms with Crippen molar-refractivity contribution in [3.63, 3.8) is 0 Å². The number of likely N-dealkylation sites (tertiary alicyclic amines) is 2. The Morgan fingerprint density at radius 1 is 1.00 bits per heavy atom. The molecule has 0 aromatic carbocycles. The number of nitrogens with zero attached hydrogens (tertiary/aromatic N) is 3.